The maximum absolute atomic E-state index is 11.3. The van der Waals surface area contributed by atoms with Crippen molar-refractivity contribution in [2.24, 2.45) is 5.92 Å². The largest absolute Gasteiger partial charge is 0.480 e. The Hall–Kier alpha value is -1.10. The number of carbonyl (C=O) groups excluding carboxylic acids is 1. The van der Waals surface area contributed by atoms with Crippen LogP contribution in [-0.4, -0.2) is 47.1 Å². The first kappa shape index (κ1) is 13.3. The second-order valence-corrected chi connectivity index (χ2v) is 5.45. The van der Waals surface area contributed by atoms with Crippen LogP contribution in [0.4, 0.5) is 0 Å². The maximum Gasteiger partial charge on any atom is 0.320 e. The van der Waals surface area contributed by atoms with Gasteiger partial charge < -0.3 is 10.4 Å². The number of piperidine rings is 1. The Balaban J connectivity index is 1.93. The maximum atomic E-state index is 11.3. The highest BCUT2D eigenvalue weighted by atomic mass is 16.4. The van der Waals surface area contributed by atoms with E-state index in [2.05, 4.69) is 12.2 Å². The van der Waals surface area contributed by atoms with Gasteiger partial charge in [-0.05, 0) is 31.7 Å². The highest BCUT2D eigenvalue weighted by Gasteiger charge is 2.34. The van der Waals surface area contributed by atoms with Crippen LogP contribution in [0.2, 0.25) is 0 Å². The molecule has 3 atom stereocenters. The molecule has 2 aliphatic rings. The molecule has 2 fully saturated rings. The summed E-state index contributed by atoms with van der Waals surface area (Å²) in [6.07, 6.45) is 4.28. The summed E-state index contributed by atoms with van der Waals surface area (Å²) in [5, 5.41) is 12.2. The minimum absolute atomic E-state index is 0.0929. The molecule has 5 nitrogen and oxygen atoms in total. The number of hydrogen-bond acceptors (Lipinski definition) is 3. The number of nitrogens with one attached hydrogen (secondary N) is 1. The Labute approximate surface area is 108 Å². The minimum Gasteiger partial charge on any atom is -0.480 e. The number of amides is 1. The fourth-order valence-electron chi connectivity index (χ4n) is 3.03. The summed E-state index contributed by atoms with van der Waals surface area (Å²) < 4.78 is 0. The van der Waals surface area contributed by atoms with Gasteiger partial charge in [0, 0.05) is 19.0 Å². The van der Waals surface area contributed by atoms with E-state index in [0.717, 1.165) is 32.2 Å². The van der Waals surface area contributed by atoms with Crippen LogP contribution in [0, 0.1) is 5.92 Å². The van der Waals surface area contributed by atoms with E-state index < -0.39 is 5.97 Å². The summed E-state index contributed by atoms with van der Waals surface area (Å²) in [6.45, 7) is 3.64. The number of carboxylic acid groups (broad SMARTS) is 1. The molecule has 0 radical (unpaired) electrons. The van der Waals surface area contributed by atoms with Crippen LogP contribution in [0.15, 0.2) is 0 Å². The van der Waals surface area contributed by atoms with Gasteiger partial charge in [-0.3, -0.25) is 14.5 Å². The molecule has 2 heterocycles. The van der Waals surface area contributed by atoms with Gasteiger partial charge in [-0.15, -0.1) is 0 Å². The molecule has 2 rings (SSSR count). The summed E-state index contributed by atoms with van der Waals surface area (Å²) in [5.41, 5.74) is 0. The third kappa shape index (κ3) is 3.02. The quantitative estimate of drug-likeness (QED) is 0.780. The Morgan fingerprint density at radius 1 is 1.50 bits per heavy atom. The van der Waals surface area contributed by atoms with E-state index in [-0.39, 0.29) is 18.0 Å². The third-order valence-corrected chi connectivity index (χ3v) is 4.22. The Kier molecular flexibility index (Phi) is 4.22. The predicted octanol–water partition coefficient (Wildman–Crippen LogP) is 0.840. The zero-order valence-corrected chi connectivity index (χ0v) is 10.9. The summed E-state index contributed by atoms with van der Waals surface area (Å²) in [4.78, 5) is 24.5. The smallest absolute Gasteiger partial charge is 0.320 e. The average Bonchev–Trinajstić information content (AvgIpc) is 2.75. The van der Waals surface area contributed by atoms with Crippen LogP contribution in [-0.2, 0) is 9.59 Å². The van der Waals surface area contributed by atoms with Gasteiger partial charge in [0.2, 0.25) is 5.91 Å². The van der Waals surface area contributed by atoms with Gasteiger partial charge in [0.05, 0.1) is 0 Å². The fourth-order valence-corrected chi connectivity index (χ4v) is 3.03. The van der Waals surface area contributed by atoms with Crippen molar-refractivity contribution >= 4 is 11.9 Å². The number of hydrogen-bond donors (Lipinski definition) is 2. The molecular weight excluding hydrogens is 232 g/mol. The lowest BCUT2D eigenvalue weighted by molar-refractivity contribution is -0.145. The monoisotopic (exact) mass is 254 g/mol. The molecule has 0 aromatic carbocycles. The lowest BCUT2D eigenvalue weighted by atomic mass is 9.88. The van der Waals surface area contributed by atoms with Crippen LogP contribution >= 0.6 is 0 Å². The molecule has 0 aliphatic carbocycles. The highest BCUT2D eigenvalue weighted by Crippen LogP contribution is 2.26. The molecule has 0 saturated carbocycles. The summed E-state index contributed by atoms with van der Waals surface area (Å²) in [6, 6.07) is -0.237. The van der Waals surface area contributed by atoms with Crippen molar-refractivity contribution < 1.29 is 14.7 Å². The number of nitrogens with zero attached hydrogens (tertiary/aromatic N) is 1. The molecule has 0 aromatic heterocycles. The van der Waals surface area contributed by atoms with Gasteiger partial charge >= 0.3 is 5.97 Å². The van der Waals surface area contributed by atoms with Crippen LogP contribution in [0.5, 0.6) is 0 Å². The first-order valence-corrected chi connectivity index (χ1v) is 6.86. The van der Waals surface area contributed by atoms with Gasteiger partial charge in [-0.25, -0.2) is 0 Å². The van der Waals surface area contributed by atoms with Crippen molar-refractivity contribution in [1.82, 2.24) is 10.2 Å². The van der Waals surface area contributed by atoms with Crippen LogP contribution in [0.25, 0.3) is 0 Å². The molecule has 5 heteroatoms. The number of likely N-dealkylation sites (tertiary alicyclic amines) is 1. The summed E-state index contributed by atoms with van der Waals surface area (Å²) in [7, 11) is 0. The van der Waals surface area contributed by atoms with Gasteiger partial charge in [0.1, 0.15) is 6.04 Å². The predicted molar refractivity (Wildman–Crippen MR) is 67.2 cm³/mol. The summed E-state index contributed by atoms with van der Waals surface area (Å²) >= 11 is 0. The van der Waals surface area contributed by atoms with Crippen LogP contribution in [0.1, 0.15) is 39.0 Å². The van der Waals surface area contributed by atoms with Crippen molar-refractivity contribution in [2.45, 2.75) is 51.1 Å². The second kappa shape index (κ2) is 5.69. The van der Waals surface area contributed by atoms with Crippen LogP contribution < -0.4 is 5.32 Å². The zero-order valence-electron chi connectivity index (χ0n) is 10.9. The van der Waals surface area contributed by atoms with Crippen molar-refractivity contribution in [3.63, 3.8) is 0 Å². The molecule has 0 spiro atoms. The molecule has 102 valence electrons. The van der Waals surface area contributed by atoms with Gasteiger partial charge in [-0.1, -0.05) is 13.3 Å². The first-order chi connectivity index (χ1) is 8.60. The fraction of sp³-hybridized carbons (Fsp3) is 0.846. The molecule has 18 heavy (non-hydrogen) atoms. The van der Waals surface area contributed by atoms with E-state index in [9.17, 15) is 14.7 Å². The first-order valence-electron chi connectivity index (χ1n) is 6.86. The van der Waals surface area contributed by atoms with Crippen molar-refractivity contribution in [1.29, 1.82) is 0 Å². The van der Waals surface area contributed by atoms with Crippen molar-refractivity contribution in [3.8, 4) is 0 Å². The third-order valence-electron chi connectivity index (χ3n) is 4.22. The second-order valence-electron chi connectivity index (χ2n) is 5.45. The van der Waals surface area contributed by atoms with Crippen LogP contribution in [0.3, 0.4) is 0 Å². The molecule has 3 unspecified atom stereocenters. The molecule has 0 bridgehead atoms. The standard InChI is InChI=1S/C13H22N2O3/c1-2-9-5-6-15(11(7-9)13(17)18)8-10-3-4-12(16)14-10/h9-11H,2-8H2,1H3,(H,14,16)(H,17,18). The van der Waals surface area contributed by atoms with Crippen molar-refractivity contribution in [3.05, 3.63) is 0 Å². The zero-order chi connectivity index (χ0) is 13.1. The Morgan fingerprint density at radius 3 is 2.83 bits per heavy atom. The highest BCUT2D eigenvalue weighted by molar-refractivity contribution is 5.78. The van der Waals surface area contributed by atoms with E-state index in [4.69, 9.17) is 0 Å². The van der Waals surface area contributed by atoms with E-state index in [1.807, 2.05) is 4.90 Å². The molecule has 0 aromatic rings. The molecule has 2 aliphatic heterocycles. The molecule has 2 N–H and O–H groups in total. The molecule has 2 saturated heterocycles. The lowest BCUT2D eigenvalue weighted by Gasteiger charge is -2.38. The van der Waals surface area contributed by atoms with E-state index >= 15 is 0 Å². The molecular formula is C13H22N2O3. The minimum atomic E-state index is -0.725. The SMILES string of the molecule is CCC1CCN(CC2CCC(=O)N2)C(C(=O)O)C1. The van der Waals surface area contributed by atoms with Gasteiger partial charge in [-0.2, -0.15) is 0 Å². The van der Waals surface area contributed by atoms with Gasteiger partial charge in [0.15, 0.2) is 0 Å². The normalized spacial score (nSPS) is 33.4. The van der Waals surface area contributed by atoms with Crippen molar-refractivity contribution in [2.75, 3.05) is 13.1 Å². The number of aliphatic carboxylic acids is 1. The topological polar surface area (TPSA) is 69.6 Å². The summed E-state index contributed by atoms with van der Waals surface area (Å²) in [5.74, 6) is -0.103. The van der Waals surface area contributed by atoms with E-state index in [1.54, 1.807) is 0 Å². The Bertz CT molecular complexity index is 332. The number of carboxylic acids is 1. The molecule has 1 amide bonds. The Morgan fingerprint density at radius 2 is 2.28 bits per heavy atom. The average molecular weight is 254 g/mol. The lowest BCUT2D eigenvalue weighted by Crippen LogP contribution is -2.51. The number of rotatable bonds is 4. The van der Waals surface area contributed by atoms with Gasteiger partial charge in [0.25, 0.3) is 0 Å². The van der Waals surface area contributed by atoms with E-state index in [0.29, 0.717) is 18.9 Å². The number of carbonyl (C=O) groups is 2. The van der Waals surface area contributed by atoms with E-state index in [1.165, 1.54) is 0 Å².